The molecule has 1 saturated carbocycles. The number of dihydropyridines is 1. The molecule has 2 N–H and O–H groups in total. The third-order valence-corrected chi connectivity index (χ3v) is 6.40. The fraction of sp³-hybridized carbons (Fsp3) is 0.524. The zero-order valence-corrected chi connectivity index (χ0v) is 17.3. The summed E-state index contributed by atoms with van der Waals surface area (Å²) in [7, 11) is 1.65. The number of allylic oxidation sites excluding steroid dienone is 2. The molecule has 0 aromatic carbocycles. The molecule has 1 aliphatic heterocycles. The summed E-state index contributed by atoms with van der Waals surface area (Å²) in [5, 5.41) is 16.6. The van der Waals surface area contributed by atoms with Crippen LogP contribution in [-0.4, -0.2) is 36.9 Å². The van der Waals surface area contributed by atoms with Crippen LogP contribution in [0.15, 0.2) is 39.4 Å². The SMILES string of the molecule is COC(COC(=O)C1=C(C)NC(C)=C(C(=O)O)C1c1ccsc1)C1CCCC1. The normalized spacial score (nSPS) is 21.6. The van der Waals surface area contributed by atoms with Crippen molar-refractivity contribution in [2.75, 3.05) is 13.7 Å². The van der Waals surface area contributed by atoms with Gasteiger partial charge in [0.15, 0.2) is 0 Å². The molecule has 1 aliphatic carbocycles. The average Bonchev–Trinajstić information content (AvgIpc) is 3.35. The Kier molecular flexibility index (Phi) is 6.57. The van der Waals surface area contributed by atoms with Crippen LogP contribution in [0.5, 0.6) is 0 Å². The van der Waals surface area contributed by atoms with Crippen LogP contribution in [0, 0.1) is 5.92 Å². The molecule has 152 valence electrons. The first-order chi connectivity index (χ1) is 13.4. The molecule has 2 aliphatic rings. The van der Waals surface area contributed by atoms with Gasteiger partial charge in [0.2, 0.25) is 0 Å². The van der Waals surface area contributed by atoms with Gasteiger partial charge in [-0.1, -0.05) is 12.8 Å². The van der Waals surface area contributed by atoms with Crippen molar-refractivity contribution < 1.29 is 24.2 Å². The Bertz CT molecular complexity index is 790. The van der Waals surface area contributed by atoms with Crippen molar-refractivity contribution in [3.05, 3.63) is 44.9 Å². The van der Waals surface area contributed by atoms with Crippen molar-refractivity contribution in [3.8, 4) is 0 Å². The van der Waals surface area contributed by atoms with E-state index in [-0.39, 0.29) is 18.3 Å². The fourth-order valence-electron chi connectivity index (χ4n) is 4.28. The van der Waals surface area contributed by atoms with E-state index in [0.29, 0.717) is 22.9 Å². The van der Waals surface area contributed by atoms with Gasteiger partial charge in [-0.15, -0.1) is 0 Å². The van der Waals surface area contributed by atoms with Gasteiger partial charge in [-0.3, -0.25) is 0 Å². The Morgan fingerprint density at radius 2 is 1.93 bits per heavy atom. The summed E-state index contributed by atoms with van der Waals surface area (Å²) in [5.74, 6) is -1.78. The molecule has 1 aromatic rings. The molecule has 28 heavy (non-hydrogen) atoms. The molecule has 1 fully saturated rings. The molecular weight excluding hydrogens is 378 g/mol. The standard InChI is InChI=1S/C21H27NO5S/c1-12-17(20(23)24)19(15-8-9-28-11-15)18(13(2)22-12)21(25)27-10-16(26-3)14-6-4-5-7-14/h8-9,11,14,16,19,22H,4-7,10H2,1-3H3,(H,23,24). The number of thiophene rings is 1. The number of carboxylic acids is 1. The lowest BCUT2D eigenvalue weighted by Gasteiger charge is -2.29. The van der Waals surface area contributed by atoms with Crippen molar-refractivity contribution in [3.63, 3.8) is 0 Å². The molecule has 2 atom stereocenters. The van der Waals surface area contributed by atoms with Crippen LogP contribution < -0.4 is 5.32 Å². The van der Waals surface area contributed by atoms with Crippen LogP contribution in [0.2, 0.25) is 0 Å². The van der Waals surface area contributed by atoms with E-state index in [4.69, 9.17) is 9.47 Å². The number of esters is 1. The molecule has 0 spiro atoms. The van der Waals surface area contributed by atoms with Crippen LogP contribution >= 0.6 is 11.3 Å². The summed E-state index contributed by atoms with van der Waals surface area (Å²) < 4.78 is 11.2. The monoisotopic (exact) mass is 405 g/mol. The highest BCUT2D eigenvalue weighted by molar-refractivity contribution is 7.08. The van der Waals surface area contributed by atoms with E-state index in [9.17, 15) is 14.7 Å². The van der Waals surface area contributed by atoms with Gasteiger partial charge in [-0.25, -0.2) is 9.59 Å². The van der Waals surface area contributed by atoms with Crippen LogP contribution in [0.1, 0.15) is 51.0 Å². The molecule has 2 unspecified atom stereocenters. The molecule has 7 heteroatoms. The first-order valence-corrected chi connectivity index (χ1v) is 10.5. The maximum Gasteiger partial charge on any atom is 0.336 e. The summed E-state index contributed by atoms with van der Waals surface area (Å²) >= 11 is 1.47. The van der Waals surface area contributed by atoms with E-state index in [1.165, 1.54) is 24.2 Å². The minimum Gasteiger partial charge on any atom is -0.478 e. The summed E-state index contributed by atoms with van der Waals surface area (Å²) in [4.78, 5) is 25.0. The lowest BCUT2D eigenvalue weighted by Crippen LogP contribution is -2.33. The van der Waals surface area contributed by atoms with Crippen molar-refractivity contribution >= 4 is 23.3 Å². The van der Waals surface area contributed by atoms with E-state index in [0.717, 1.165) is 18.4 Å². The number of ether oxygens (including phenoxy) is 2. The Labute approximate surface area is 169 Å². The number of hydrogen-bond acceptors (Lipinski definition) is 6. The lowest BCUT2D eigenvalue weighted by molar-refractivity contribution is -0.144. The highest BCUT2D eigenvalue weighted by atomic mass is 32.1. The predicted molar refractivity (Wildman–Crippen MR) is 107 cm³/mol. The second-order valence-corrected chi connectivity index (χ2v) is 8.19. The Hall–Kier alpha value is -2.12. The van der Waals surface area contributed by atoms with Gasteiger partial charge in [-0.2, -0.15) is 11.3 Å². The Morgan fingerprint density at radius 1 is 1.25 bits per heavy atom. The number of aliphatic carboxylic acids is 1. The van der Waals surface area contributed by atoms with Crippen LogP contribution in [0.25, 0.3) is 0 Å². The van der Waals surface area contributed by atoms with Crippen molar-refractivity contribution in [1.29, 1.82) is 0 Å². The van der Waals surface area contributed by atoms with E-state index in [1.54, 1.807) is 21.0 Å². The first kappa shape index (κ1) is 20.6. The van der Waals surface area contributed by atoms with E-state index in [2.05, 4.69) is 5.32 Å². The van der Waals surface area contributed by atoms with Gasteiger partial charge in [0.1, 0.15) is 6.61 Å². The highest BCUT2D eigenvalue weighted by Crippen LogP contribution is 2.39. The average molecular weight is 406 g/mol. The first-order valence-electron chi connectivity index (χ1n) is 9.57. The fourth-order valence-corrected chi connectivity index (χ4v) is 4.97. The van der Waals surface area contributed by atoms with E-state index < -0.39 is 17.9 Å². The van der Waals surface area contributed by atoms with Crippen molar-refractivity contribution in [2.45, 2.75) is 51.6 Å². The Balaban J connectivity index is 1.84. The number of rotatable bonds is 7. The maximum absolute atomic E-state index is 13.0. The quantitative estimate of drug-likeness (QED) is 0.671. The smallest absolute Gasteiger partial charge is 0.336 e. The van der Waals surface area contributed by atoms with E-state index >= 15 is 0 Å². The topological polar surface area (TPSA) is 84.9 Å². The van der Waals surface area contributed by atoms with Crippen molar-refractivity contribution in [2.24, 2.45) is 5.92 Å². The predicted octanol–water partition coefficient (Wildman–Crippen LogP) is 3.82. The number of hydrogen-bond donors (Lipinski definition) is 2. The van der Waals surface area contributed by atoms with Gasteiger partial charge in [0, 0.05) is 18.5 Å². The third kappa shape index (κ3) is 4.15. The highest BCUT2D eigenvalue weighted by Gasteiger charge is 2.38. The zero-order chi connectivity index (χ0) is 20.3. The molecule has 6 nitrogen and oxygen atoms in total. The summed E-state index contributed by atoms with van der Waals surface area (Å²) in [6.07, 6.45) is 4.40. The molecule has 3 rings (SSSR count). The summed E-state index contributed by atoms with van der Waals surface area (Å²) in [5.41, 5.74) is 2.48. The summed E-state index contributed by atoms with van der Waals surface area (Å²) in [6, 6.07) is 1.86. The van der Waals surface area contributed by atoms with Gasteiger partial charge < -0.3 is 19.9 Å². The number of methoxy groups -OCH3 is 1. The zero-order valence-electron chi connectivity index (χ0n) is 16.5. The van der Waals surface area contributed by atoms with Gasteiger partial charge >= 0.3 is 11.9 Å². The molecule has 0 amide bonds. The van der Waals surface area contributed by atoms with Crippen LogP contribution in [0.4, 0.5) is 0 Å². The minimum atomic E-state index is -1.04. The van der Waals surface area contributed by atoms with Gasteiger partial charge in [-0.05, 0) is 55.0 Å². The lowest BCUT2D eigenvalue weighted by atomic mass is 9.81. The number of carboxylic acid groups (broad SMARTS) is 1. The maximum atomic E-state index is 13.0. The molecule has 0 radical (unpaired) electrons. The molecule has 2 heterocycles. The number of nitrogens with one attached hydrogen (secondary N) is 1. The minimum absolute atomic E-state index is 0.125. The summed E-state index contributed by atoms with van der Waals surface area (Å²) in [6.45, 7) is 3.68. The number of carbonyl (C=O) groups excluding carboxylic acids is 1. The van der Waals surface area contributed by atoms with Crippen molar-refractivity contribution in [1.82, 2.24) is 5.32 Å². The largest absolute Gasteiger partial charge is 0.478 e. The molecular formula is C21H27NO5S. The third-order valence-electron chi connectivity index (χ3n) is 5.69. The second kappa shape index (κ2) is 8.92. The number of carbonyl (C=O) groups is 2. The molecule has 0 bridgehead atoms. The van der Waals surface area contributed by atoms with Crippen LogP contribution in [-0.2, 0) is 19.1 Å². The molecule has 1 aromatic heterocycles. The van der Waals surface area contributed by atoms with E-state index in [1.807, 2.05) is 16.8 Å². The second-order valence-electron chi connectivity index (χ2n) is 7.41. The molecule has 0 saturated heterocycles. The van der Waals surface area contributed by atoms with Gasteiger partial charge in [0.25, 0.3) is 0 Å². The van der Waals surface area contributed by atoms with Gasteiger partial charge in [0.05, 0.1) is 23.2 Å². The van der Waals surface area contributed by atoms with Crippen LogP contribution in [0.3, 0.4) is 0 Å². The Morgan fingerprint density at radius 3 is 2.50 bits per heavy atom.